The van der Waals surface area contributed by atoms with E-state index in [1.54, 1.807) is 32.8 Å². The minimum absolute atomic E-state index is 0.112. The van der Waals surface area contributed by atoms with Gasteiger partial charge in [0, 0.05) is 24.8 Å². The van der Waals surface area contributed by atoms with Crippen molar-refractivity contribution < 1.29 is 17.2 Å². The van der Waals surface area contributed by atoms with Gasteiger partial charge in [0.1, 0.15) is 11.6 Å². The number of rotatable bonds is 6. The Kier molecular flexibility index (Phi) is 5.66. The Balaban J connectivity index is 3.32. The van der Waals surface area contributed by atoms with Crippen LogP contribution in [0, 0.1) is 11.6 Å². The predicted octanol–water partition coefficient (Wildman–Crippen LogP) is 1.51. The third-order valence-corrected chi connectivity index (χ3v) is 5.16. The molecule has 0 heterocycles. The summed E-state index contributed by atoms with van der Waals surface area (Å²) in [5.41, 5.74) is 5.15. The molecule has 21 heavy (non-hydrogen) atoms. The molecule has 0 radical (unpaired) electrons. The minimum Gasteiger partial charge on any atom is -0.399 e. The van der Waals surface area contributed by atoms with Crippen LogP contribution < -0.4 is 5.73 Å². The maximum atomic E-state index is 13.9. The maximum Gasteiger partial charge on any atom is 0.249 e. The van der Waals surface area contributed by atoms with Crippen molar-refractivity contribution in [3.05, 3.63) is 23.8 Å². The van der Waals surface area contributed by atoms with Crippen molar-refractivity contribution in [2.45, 2.75) is 24.8 Å². The highest BCUT2D eigenvalue weighted by Gasteiger charge is 2.33. The number of sulfonamides is 1. The molecule has 0 saturated carbocycles. The Labute approximate surface area is 124 Å². The summed E-state index contributed by atoms with van der Waals surface area (Å²) in [7, 11) is -0.687. The lowest BCUT2D eigenvalue weighted by Crippen LogP contribution is -2.44. The third kappa shape index (κ3) is 3.90. The van der Waals surface area contributed by atoms with Crippen molar-refractivity contribution in [2.24, 2.45) is 0 Å². The Bertz CT molecular complexity index is 582. The van der Waals surface area contributed by atoms with E-state index in [-0.39, 0.29) is 12.2 Å². The summed E-state index contributed by atoms with van der Waals surface area (Å²) in [5, 5.41) is 0. The second-order valence-corrected chi connectivity index (χ2v) is 6.96. The normalized spacial score (nSPS) is 13.9. The molecule has 1 aromatic carbocycles. The number of halogens is 2. The molecular formula is C13H21F2N3O2S. The molecule has 0 amide bonds. The monoisotopic (exact) mass is 321 g/mol. The molecule has 1 unspecified atom stereocenters. The zero-order chi connectivity index (χ0) is 16.4. The van der Waals surface area contributed by atoms with Crippen LogP contribution in [0.15, 0.2) is 17.0 Å². The second kappa shape index (κ2) is 6.67. The van der Waals surface area contributed by atoms with Gasteiger partial charge >= 0.3 is 0 Å². The van der Waals surface area contributed by atoms with Crippen molar-refractivity contribution in [2.75, 3.05) is 32.9 Å². The van der Waals surface area contributed by atoms with E-state index >= 15 is 0 Å². The van der Waals surface area contributed by atoms with Gasteiger partial charge in [0.05, 0.1) is 0 Å². The number of likely N-dealkylation sites (N-methyl/N-ethyl adjacent to an activating group) is 2. The lowest BCUT2D eigenvalue weighted by molar-refractivity contribution is 0.270. The molecule has 120 valence electrons. The number of nitrogens with two attached hydrogens (primary N) is 1. The molecule has 2 N–H and O–H groups in total. The summed E-state index contributed by atoms with van der Waals surface area (Å²) < 4.78 is 53.9. The topological polar surface area (TPSA) is 66.6 Å². The predicted molar refractivity (Wildman–Crippen MR) is 78.4 cm³/mol. The zero-order valence-electron chi connectivity index (χ0n) is 12.6. The standard InChI is InChI=1S/C13H21F2N3O2S/c1-5-18(9(2)8-17(3)4)21(19,20)13-11(14)6-10(16)7-12(13)15/h6-7,9H,5,8,16H2,1-4H3. The highest BCUT2D eigenvalue weighted by molar-refractivity contribution is 7.89. The lowest BCUT2D eigenvalue weighted by atomic mass is 10.3. The molecule has 1 rings (SSSR count). The maximum absolute atomic E-state index is 13.9. The average Bonchev–Trinajstić information content (AvgIpc) is 2.25. The van der Waals surface area contributed by atoms with E-state index < -0.39 is 32.6 Å². The van der Waals surface area contributed by atoms with Gasteiger partial charge in [-0.15, -0.1) is 0 Å². The van der Waals surface area contributed by atoms with Crippen LogP contribution in [0.4, 0.5) is 14.5 Å². The number of hydrogen-bond donors (Lipinski definition) is 1. The van der Waals surface area contributed by atoms with E-state index in [0.29, 0.717) is 6.54 Å². The lowest BCUT2D eigenvalue weighted by Gasteiger charge is -2.29. The Morgan fingerprint density at radius 2 is 1.71 bits per heavy atom. The van der Waals surface area contributed by atoms with Crippen LogP contribution in [-0.2, 0) is 10.0 Å². The molecule has 0 aliphatic rings. The van der Waals surface area contributed by atoms with Gasteiger partial charge in [-0.2, -0.15) is 4.31 Å². The minimum atomic E-state index is -4.27. The van der Waals surface area contributed by atoms with Gasteiger partial charge in [0.2, 0.25) is 10.0 Å². The van der Waals surface area contributed by atoms with E-state index in [2.05, 4.69) is 0 Å². The van der Waals surface area contributed by atoms with Crippen LogP contribution in [-0.4, -0.2) is 50.8 Å². The van der Waals surface area contributed by atoms with Crippen molar-refractivity contribution in [3.63, 3.8) is 0 Å². The molecule has 8 heteroatoms. The molecular weight excluding hydrogens is 300 g/mol. The first-order valence-electron chi connectivity index (χ1n) is 6.52. The van der Waals surface area contributed by atoms with Gasteiger partial charge in [0.25, 0.3) is 0 Å². The van der Waals surface area contributed by atoms with Gasteiger partial charge in [-0.25, -0.2) is 17.2 Å². The largest absolute Gasteiger partial charge is 0.399 e. The number of anilines is 1. The SMILES string of the molecule is CCN(C(C)CN(C)C)S(=O)(=O)c1c(F)cc(N)cc1F. The Morgan fingerprint density at radius 3 is 2.10 bits per heavy atom. The van der Waals surface area contributed by atoms with Crippen LogP contribution in [0.3, 0.4) is 0 Å². The Hall–Kier alpha value is -1.25. The van der Waals surface area contributed by atoms with Crippen molar-refractivity contribution in [1.82, 2.24) is 9.21 Å². The summed E-state index contributed by atoms with van der Waals surface area (Å²) >= 11 is 0. The molecule has 0 aliphatic carbocycles. The van der Waals surface area contributed by atoms with E-state index in [9.17, 15) is 17.2 Å². The van der Waals surface area contributed by atoms with E-state index in [4.69, 9.17) is 5.73 Å². The highest BCUT2D eigenvalue weighted by Crippen LogP contribution is 2.26. The van der Waals surface area contributed by atoms with Crippen LogP contribution in [0.2, 0.25) is 0 Å². The molecule has 0 saturated heterocycles. The molecule has 5 nitrogen and oxygen atoms in total. The molecule has 1 aromatic rings. The van der Waals surface area contributed by atoms with Gasteiger partial charge in [-0.3, -0.25) is 0 Å². The number of benzene rings is 1. The zero-order valence-corrected chi connectivity index (χ0v) is 13.4. The molecule has 0 fully saturated rings. The summed E-state index contributed by atoms with van der Waals surface area (Å²) in [6.45, 7) is 3.86. The first kappa shape index (κ1) is 17.8. The number of nitrogen functional groups attached to an aromatic ring is 1. The quantitative estimate of drug-likeness (QED) is 0.807. The molecule has 0 spiro atoms. The van der Waals surface area contributed by atoms with Crippen LogP contribution in [0.5, 0.6) is 0 Å². The second-order valence-electron chi connectivity index (χ2n) is 5.13. The van der Waals surface area contributed by atoms with Crippen molar-refractivity contribution in [1.29, 1.82) is 0 Å². The van der Waals surface area contributed by atoms with Gasteiger partial charge in [0.15, 0.2) is 4.90 Å². The molecule has 0 aliphatic heterocycles. The Morgan fingerprint density at radius 1 is 1.24 bits per heavy atom. The molecule has 0 bridgehead atoms. The van der Waals surface area contributed by atoms with Crippen molar-refractivity contribution >= 4 is 15.7 Å². The summed E-state index contributed by atoms with van der Waals surface area (Å²) in [4.78, 5) is 0.850. The van der Waals surface area contributed by atoms with Crippen LogP contribution in [0.1, 0.15) is 13.8 Å². The van der Waals surface area contributed by atoms with E-state index in [1.165, 1.54) is 0 Å². The molecule has 1 atom stereocenters. The van der Waals surface area contributed by atoms with E-state index in [0.717, 1.165) is 16.4 Å². The summed E-state index contributed by atoms with van der Waals surface area (Å²) in [6, 6.07) is 1.19. The average molecular weight is 321 g/mol. The fraction of sp³-hybridized carbons (Fsp3) is 0.538. The van der Waals surface area contributed by atoms with Crippen LogP contribution >= 0.6 is 0 Å². The van der Waals surface area contributed by atoms with Crippen LogP contribution in [0.25, 0.3) is 0 Å². The summed E-state index contributed by atoms with van der Waals surface area (Å²) in [6.07, 6.45) is 0. The van der Waals surface area contributed by atoms with Gasteiger partial charge in [-0.05, 0) is 33.2 Å². The first-order valence-corrected chi connectivity index (χ1v) is 7.96. The van der Waals surface area contributed by atoms with E-state index in [1.807, 2.05) is 0 Å². The molecule has 0 aromatic heterocycles. The fourth-order valence-electron chi connectivity index (χ4n) is 2.28. The smallest absolute Gasteiger partial charge is 0.249 e. The van der Waals surface area contributed by atoms with Gasteiger partial charge in [-0.1, -0.05) is 6.92 Å². The highest BCUT2D eigenvalue weighted by atomic mass is 32.2. The number of nitrogens with zero attached hydrogens (tertiary/aromatic N) is 2. The fourth-order valence-corrected chi connectivity index (χ4v) is 4.01. The van der Waals surface area contributed by atoms with Crippen molar-refractivity contribution in [3.8, 4) is 0 Å². The summed E-state index contributed by atoms with van der Waals surface area (Å²) in [5.74, 6) is -2.36. The third-order valence-electron chi connectivity index (χ3n) is 3.02. The number of hydrogen-bond acceptors (Lipinski definition) is 4. The van der Waals surface area contributed by atoms with Gasteiger partial charge < -0.3 is 10.6 Å². The first-order chi connectivity index (χ1) is 9.61.